The quantitative estimate of drug-likeness (QED) is 0.610. The van der Waals surface area contributed by atoms with E-state index in [1.54, 1.807) is 4.68 Å². The van der Waals surface area contributed by atoms with E-state index in [9.17, 15) is 0 Å². The van der Waals surface area contributed by atoms with E-state index in [1.807, 2.05) is 72.8 Å². The van der Waals surface area contributed by atoms with Crippen LogP contribution in [0, 0.1) is 0 Å². The lowest BCUT2D eigenvalue weighted by atomic mass is 10.2. The third-order valence-electron chi connectivity index (χ3n) is 3.61. The number of benzene rings is 2. The Kier molecular flexibility index (Phi) is 3.77. The summed E-state index contributed by atoms with van der Waals surface area (Å²) >= 11 is 0. The summed E-state index contributed by atoms with van der Waals surface area (Å²) in [5.74, 6) is 2.23. The molecule has 0 atom stereocenters. The van der Waals surface area contributed by atoms with E-state index in [0.29, 0.717) is 12.5 Å². The van der Waals surface area contributed by atoms with Crippen LogP contribution in [-0.4, -0.2) is 20.2 Å². The van der Waals surface area contributed by atoms with Crippen molar-refractivity contribution in [3.8, 4) is 17.0 Å². The molecule has 0 saturated carbocycles. The Balaban J connectivity index is 1.49. The smallest absolute Gasteiger partial charge is 0.248 e. The van der Waals surface area contributed by atoms with E-state index >= 15 is 0 Å². The van der Waals surface area contributed by atoms with Gasteiger partial charge in [-0.25, -0.2) is 0 Å². The SMILES string of the molecule is c1ccc(-c2ccc(CNc3nnnn3-c3ccccc3)o2)cc1. The average molecular weight is 317 g/mol. The molecule has 0 amide bonds. The summed E-state index contributed by atoms with van der Waals surface area (Å²) in [7, 11) is 0. The zero-order valence-corrected chi connectivity index (χ0v) is 12.8. The normalized spacial score (nSPS) is 10.7. The van der Waals surface area contributed by atoms with Crippen molar-refractivity contribution in [2.45, 2.75) is 6.54 Å². The van der Waals surface area contributed by atoms with Crippen LogP contribution in [0.2, 0.25) is 0 Å². The van der Waals surface area contributed by atoms with Crippen molar-refractivity contribution in [1.82, 2.24) is 20.2 Å². The van der Waals surface area contributed by atoms with Crippen molar-refractivity contribution in [2.24, 2.45) is 0 Å². The first-order chi connectivity index (χ1) is 11.9. The fraction of sp³-hybridized carbons (Fsp3) is 0.0556. The molecule has 0 spiro atoms. The number of furan rings is 1. The first-order valence-electron chi connectivity index (χ1n) is 7.62. The number of tetrazole rings is 1. The van der Waals surface area contributed by atoms with Crippen LogP contribution < -0.4 is 5.32 Å². The van der Waals surface area contributed by atoms with E-state index in [-0.39, 0.29) is 0 Å². The molecule has 2 aromatic carbocycles. The summed E-state index contributed by atoms with van der Waals surface area (Å²) in [4.78, 5) is 0. The number of anilines is 1. The Morgan fingerprint density at radius 1 is 0.875 bits per heavy atom. The number of nitrogens with one attached hydrogen (secondary N) is 1. The van der Waals surface area contributed by atoms with E-state index in [0.717, 1.165) is 22.8 Å². The van der Waals surface area contributed by atoms with Gasteiger partial charge in [-0.3, -0.25) is 0 Å². The van der Waals surface area contributed by atoms with Crippen molar-refractivity contribution in [3.05, 3.63) is 78.6 Å². The van der Waals surface area contributed by atoms with E-state index in [4.69, 9.17) is 4.42 Å². The molecule has 0 fully saturated rings. The highest BCUT2D eigenvalue weighted by Crippen LogP contribution is 2.22. The third-order valence-corrected chi connectivity index (χ3v) is 3.61. The molecule has 1 N–H and O–H groups in total. The van der Waals surface area contributed by atoms with Gasteiger partial charge in [0.05, 0.1) is 12.2 Å². The van der Waals surface area contributed by atoms with Gasteiger partial charge in [0.15, 0.2) is 0 Å². The Bertz CT molecular complexity index is 915. The number of nitrogens with zero attached hydrogens (tertiary/aromatic N) is 4. The van der Waals surface area contributed by atoms with Crippen molar-refractivity contribution < 1.29 is 4.42 Å². The standard InChI is InChI=1S/C18H15N5O/c1-3-7-14(8-4-1)17-12-11-16(24-17)13-19-18-20-21-22-23(18)15-9-5-2-6-10-15/h1-12H,13H2,(H,19,20,22). The van der Waals surface area contributed by atoms with E-state index in [1.165, 1.54) is 0 Å². The maximum atomic E-state index is 5.87. The molecule has 24 heavy (non-hydrogen) atoms. The molecule has 0 saturated heterocycles. The topological polar surface area (TPSA) is 68.8 Å². The van der Waals surface area contributed by atoms with Gasteiger partial charge in [-0.2, -0.15) is 4.68 Å². The minimum Gasteiger partial charge on any atom is -0.459 e. The minimum atomic E-state index is 0.500. The predicted octanol–water partition coefficient (Wildman–Crippen LogP) is 3.53. The highest BCUT2D eigenvalue weighted by molar-refractivity contribution is 5.57. The monoisotopic (exact) mass is 317 g/mol. The maximum absolute atomic E-state index is 5.87. The number of rotatable bonds is 5. The molecule has 0 aliphatic rings. The summed E-state index contributed by atoms with van der Waals surface area (Å²) in [6.07, 6.45) is 0. The minimum absolute atomic E-state index is 0.500. The van der Waals surface area contributed by atoms with Crippen LogP contribution in [-0.2, 0) is 6.54 Å². The molecule has 6 heteroatoms. The lowest BCUT2D eigenvalue weighted by Gasteiger charge is -2.05. The van der Waals surface area contributed by atoms with Gasteiger partial charge in [-0.15, -0.1) is 0 Å². The van der Waals surface area contributed by atoms with Crippen molar-refractivity contribution in [1.29, 1.82) is 0 Å². The van der Waals surface area contributed by atoms with Gasteiger partial charge >= 0.3 is 0 Å². The fourth-order valence-electron chi connectivity index (χ4n) is 2.44. The third kappa shape index (κ3) is 2.89. The summed E-state index contributed by atoms with van der Waals surface area (Å²) in [6.45, 7) is 0.500. The van der Waals surface area contributed by atoms with Crippen molar-refractivity contribution in [3.63, 3.8) is 0 Å². The molecular weight excluding hydrogens is 302 g/mol. The Hall–Kier alpha value is -3.41. The molecule has 6 nitrogen and oxygen atoms in total. The fourth-order valence-corrected chi connectivity index (χ4v) is 2.44. The van der Waals surface area contributed by atoms with Crippen LogP contribution in [0.4, 0.5) is 5.95 Å². The highest BCUT2D eigenvalue weighted by atomic mass is 16.3. The number of hydrogen-bond acceptors (Lipinski definition) is 5. The summed E-state index contributed by atoms with van der Waals surface area (Å²) < 4.78 is 7.53. The predicted molar refractivity (Wildman–Crippen MR) is 90.6 cm³/mol. The Labute approximate surface area is 138 Å². The summed E-state index contributed by atoms with van der Waals surface area (Å²) in [5, 5.41) is 15.0. The number of aromatic nitrogens is 4. The second-order valence-corrected chi connectivity index (χ2v) is 5.24. The zero-order valence-electron chi connectivity index (χ0n) is 12.8. The summed E-state index contributed by atoms with van der Waals surface area (Å²) in [6, 6.07) is 23.7. The van der Waals surface area contributed by atoms with Crippen molar-refractivity contribution in [2.75, 3.05) is 5.32 Å². The lowest BCUT2D eigenvalue weighted by Crippen LogP contribution is -2.06. The van der Waals surface area contributed by atoms with Gasteiger partial charge in [0, 0.05) is 5.56 Å². The van der Waals surface area contributed by atoms with Crippen LogP contribution in [0.15, 0.2) is 77.2 Å². The number of para-hydroxylation sites is 1. The second kappa shape index (κ2) is 6.37. The van der Waals surface area contributed by atoms with E-state index in [2.05, 4.69) is 20.8 Å². The first-order valence-corrected chi connectivity index (χ1v) is 7.62. The van der Waals surface area contributed by atoms with Gasteiger partial charge in [-0.05, 0) is 34.7 Å². The van der Waals surface area contributed by atoms with Gasteiger partial charge < -0.3 is 9.73 Å². The molecule has 4 rings (SSSR count). The van der Waals surface area contributed by atoms with Gasteiger partial charge in [0.1, 0.15) is 11.5 Å². The Morgan fingerprint density at radius 2 is 1.62 bits per heavy atom. The summed E-state index contributed by atoms with van der Waals surface area (Å²) in [5.41, 5.74) is 1.95. The van der Waals surface area contributed by atoms with Crippen molar-refractivity contribution >= 4 is 5.95 Å². The molecule has 0 aliphatic heterocycles. The van der Waals surface area contributed by atoms with Gasteiger partial charge in [0.2, 0.25) is 5.95 Å². The van der Waals surface area contributed by atoms with Crippen LogP contribution in [0.5, 0.6) is 0 Å². The molecule has 4 aromatic rings. The maximum Gasteiger partial charge on any atom is 0.248 e. The van der Waals surface area contributed by atoms with Gasteiger partial charge in [0.25, 0.3) is 0 Å². The molecule has 118 valence electrons. The number of hydrogen-bond donors (Lipinski definition) is 1. The van der Waals surface area contributed by atoms with Crippen LogP contribution in [0.1, 0.15) is 5.76 Å². The average Bonchev–Trinajstić information content (AvgIpc) is 3.31. The van der Waals surface area contributed by atoms with Crippen LogP contribution in [0.3, 0.4) is 0 Å². The molecule has 0 aliphatic carbocycles. The largest absolute Gasteiger partial charge is 0.459 e. The van der Waals surface area contributed by atoms with Gasteiger partial charge in [-0.1, -0.05) is 53.6 Å². The van der Waals surface area contributed by atoms with Crippen LogP contribution >= 0.6 is 0 Å². The first kappa shape index (κ1) is 14.2. The molecule has 2 heterocycles. The Morgan fingerprint density at radius 3 is 2.42 bits per heavy atom. The molecule has 2 aromatic heterocycles. The lowest BCUT2D eigenvalue weighted by molar-refractivity contribution is 0.530. The molecule has 0 radical (unpaired) electrons. The van der Waals surface area contributed by atoms with Crippen LogP contribution in [0.25, 0.3) is 17.0 Å². The molecule has 0 bridgehead atoms. The second-order valence-electron chi connectivity index (χ2n) is 5.24. The van der Waals surface area contributed by atoms with E-state index < -0.39 is 0 Å². The molecular formula is C18H15N5O. The molecule has 0 unspecified atom stereocenters. The highest BCUT2D eigenvalue weighted by Gasteiger charge is 2.09. The zero-order chi connectivity index (χ0) is 16.2.